The van der Waals surface area contributed by atoms with Crippen molar-refractivity contribution in [3.8, 4) is 11.8 Å². The standard InChI is InChI=1S/C14H19N3O3/c1-2-8-17(9-10-18)14(19)16-12-3-5-13(6-4-12)20-11-7-15/h3-6,18H,2,8-11H2,1H3,(H,16,19). The molecule has 6 heteroatoms. The van der Waals surface area contributed by atoms with Crippen LogP contribution in [0.4, 0.5) is 10.5 Å². The van der Waals surface area contributed by atoms with Crippen molar-refractivity contribution in [3.63, 3.8) is 0 Å². The lowest BCUT2D eigenvalue weighted by atomic mass is 10.3. The van der Waals surface area contributed by atoms with E-state index >= 15 is 0 Å². The first-order chi connectivity index (χ1) is 9.71. The number of anilines is 1. The number of benzene rings is 1. The molecule has 108 valence electrons. The van der Waals surface area contributed by atoms with Gasteiger partial charge >= 0.3 is 6.03 Å². The summed E-state index contributed by atoms with van der Waals surface area (Å²) < 4.78 is 5.12. The number of hydrogen-bond acceptors (Lipinski definition) is 4. The Morgan fingerprint density at radius 3 is 2.65 bits per heavy atom. The van der Waals surface area contributed by atoms with Crippen LogP contribution in [-0.4, -0.2) is 42.3 Å². The smallest absolute Gasteiger partial charge is 0.321 e. The summed E-state index contributed by atoms with van der Waals surface area (Å²) in [5.41, 5.74) is 0.637. The van der Waals surface area contributed by atoms with Gasteiger partial charge in [-0.1, -0.05) is 6.92 Å². The molecule has 6 nitrogen and oxygen atoms in total. The van der Waals surface area contributed by atoms with Crippen LogP contribution in [-0.2, 0) is 0 Å². The van der Waals surface area contributed by atoms with Gasteiger partial charge in [-0.05, 0) is 30.7 Å². The third kappa shape index (κ3) is 5.16. The van der Waals surface area contributed by atoms with Crippen molar-refractivity contribution >= 4 is 11.7 Å². The van der Waals surface area contributed by atoms with Gasteiger partial charge in [-0.2, -0.15) is 5.26 Å². The number of aliphatic hydroxyl groups excluding tert-OH is 1. The molecule has 1 aromatic rings. The molecule has 0 saturated carbocycles. The zero-order chi connectivity index (χ0) is 14.8. The summed E-state index contributed by atoms with van der Waals surface area (Å²) in [5, 5.41) is 20.1. The molecule has 0 aliphatic heterocycles. The average molecular weight is 277 g/mol. The van der Waals surface area contributed by atoms with Gasteiger partial charge in [0.2, 0.25) is 0 Å². The second kappa shape index (κ2) is 8.77. The van der Waals surface area contributed by atoms with Crippen molar-refractivity contribution < 1.29 is 14.6 Å². The van der Waals surface area contributed by atoms with E-state index in [9.17, 15) is 4.79 Å². The lowest BCUT2D eigenvalue weighted by Gasteiger charge is -2.21. The predicted molar refractivity (Wildman–Crippen MR) is 75.5 cm³/mol. The number of nitrogens with one attached hydrogen (secondary N) is 1. The minimum Gasteiger partial charge on any atom is -0.479 e. The van der Waals surface area contributed by atoms with Gasteiger partial charge < -0.3 is 20.1 Å². The number of hydrogen-bond donors (Lipinski definition) is 2. The van der Waals surface area contributed by atoms with Gasteiger partial charge in [0.25, 0.3) is 0 Å². The molecule has 2 amide bonds. The van der Waals surface area contributed by atoms with Crippen LogP contribution < -0.4 is 10.1 Å². The van der Waals surface area contributed by atoms with E-state index in [1.165, 1.54) is 0 Å². The second-order valence-corrected chi connectivity index (χ2v) is 4.11. The van der Waals surface area contributed by atoms with Gasteiger partial charge in [0, 0.05) is 18.8 Å². The molecule has 0 atom stereocenters. The summed E-state index contributed by atoms with van der Waals surface area (Å²) in [6.45, 7) is 2.80. The Labute approximate surface area is 118 Å². The fourth-order valence-electron chi connectivity index (χ4n) is 1.66. The van der Waals surface area contributed by atoms with Crippen molar-refractivity contribution in [1.29, 1.82) is 5.26 Å². The Kier molecular flexibility index (Phi) is 6.93. The zero-order valence-corrected chi connectivity index (χ0v) is 11.5. The SMILES string of the molecule is CCCN(CCO)C(=O)Nc1ccc(OCC#N)cc1. The molecule has 0 fully saturated rings. The molecule has 0 aromatic heterocycles. The highest BCUT2D eigenvalue weighted by Crippen LogP contribution is 2.16. The van der Waals surface area contributed by atoms with Crippen molar-refractivity contribution in [2.24, 2.45) is 0 Å². The van der Waals surface area contributed by atoms with E-state index in [1.54, 1.807) is 29.2 Å². The summed E-state index contributed by atoms with van der Waals surface area (Å²) in [4.78, 5) is 13.5. The molecule has 0 aliphatic rings. The van der Waals surface area contributed by atoms with Crippen LogP contribution in [0.3, 0.4) is 0 Å². The first kappa shape index (κ1) is 15.8. The normalized spacial score (nSPS) is 9.65. The highest BCUT2D eigenvalue weighted by molar-refractivity contribution is 5.89. The third-order valence-electron chi connectivity index (χ3n) is 2.56. The lowest BCUT2D eigenvalue weighted by molar-refractivity contribution is 0.188. The van der Waals surface area contributed by atoms with Gasteiger partial charge in [0.1, 0.15) is 11.8 Å². The van der Waals surface area contributed by atoms with Crippen molar-refractivity contribution in [3.05, 3.63) is 24.3 Å². The number of nitriles is 1. The number of urea groups is 1. The molecule has 20 heavy (non-hydrogen) atoms. The fraction of sp³-hybridized carbons (Fsp3) is 0.429. The Hall–Kier alpha value is -2.26. The van der Waals surface area contributed by atoms with E-state index in [0.717, 1.165) is 6.42 Å². The molecular weight excluding hydrogens is 258 g/mol. The molecule has 0 saturated heterocycles. The highest BCUT2D eigenvalue weighted by atomic mass is 16.5. The largest absolute Gasteiger partial charge is 0.479 e. The Morgan fingerprint density at radius 1 is 1.40 bits per heavy atom. The minimum absolute atomic E-state index is 0.00746. The average Bonchev–Trinajstić information content (AvgIpc) is 2.46. The van der Waals surface area contributed by atoms with E-state index in [2.05, 4.69) is 5.32 Å². The number of carbonyl (C=O) groups excluding carboxylic acids is 1. The molecule has 0 bridgehead atoms. The van der Waals surface area contributed by atoms with Crippen LogP contribution in [0.25, 0.3) is 0 Å². The summed E-state index contributed by atoms with van der Waals surface area (Å²) >= 11 is 0. The number of ether oxygens (including phenoxy) is 1. The Bertz CT molecular complexity index is 448. The van der Waals surface area contributed by atoms with Gasteiger partial charge in [-0.25, -0.2) is 4.79 Å². The quantitative estimate of drug-likeness (QED) is 0.796. The van der Waals surface area contributed by atoms with Crippen LogP contribution in [0.1, 0.15) is 13.3 Å². The molecule has 0 heterocycles. The van der Waals surface area contributed by atoms with E-state index in [-0.39, 0.29) is 19.2 Å². The number of nitrogens with zero attached hydrogens (tertiary/aromatic N) is 2. The van der Waals surface area contributed by atoms with E-state index < -0.39 is 0 Å². The molecule has 2 N–H and O–H groups in total. The minimum atomic E-state index is -0.244. The summed E-state index contributed by atoms with van der Waals surface area (Å²) in [5.74, 6) is 0.574. The summed E-state index contributed by atoms with van der Waals surface area (Å²) in [6, 6.07) is 8.41. The molecule has 0 unspecified atom stereocenters. The summed E-state index contributed by atoms with van der Waals surface area (Å²) in [6.07, 6.45) is 0.828. The number of aliphatic hydroxyl groups is 1. The maximum atomic E-state index is 12.0. The zero-order valence-electron chi connectivity index (χ0n) is 11.5. The maximum Gasteiger partial charge on any atom is 0.321 e. The molecular formula is C14H19N3O3. The summed E-state index contributed by atoms with van der Waals surface area (Å²) in [7, 11) is 0. The van der Waals surface area contributed by atoms with Crippen LogP contribution in [0.5, 0.6) is 5.75 Å². The van der Waals surface area contributed by atoms with Crippen molar-refractivity contribution in [1.82, 2.24) is 4.90 Å². The topological polar surface area (TPSA) is 85.6 Å². The first-order valence-corrected chi connectivity index (χ1v) is 6.47. The first-order valence-electron chi connectivity index (χ1n) is 6.47. The van der Waals surface area contributed by atoms with Crippen LogP contribution in [0.15, 0.2) is 24.3 Å². The second-order valence-electron chi connectivity index (χ2n) is 4.11. The Morgan fingerprint density at radius 2 is 2.10 bits per heavy atom. The van der Waals surface area contributed by atoms with Gasteiger partial charge in [0.15, 0.2) is 6.61 Å². The monoisotopic (exact) mass is 277 g/mol. The van der Waals surface area contributed by atoms with Crippen LogP contribution in [0, 0.1) is 11.3 Å². The van der Waals surface area contributed by atoms with E-state index in [0.29, 0.717) is 24.5 Å². The number of rotatable bonds is 7. The Balaban J connectivity index is 2.58. The molecule has 0 aliphatic carbocycles. The third-order valence-corrected chi connectivity index (χ3v) is 2.56. The molecule has 1 rings (SSSR count). The molecule has 0 radical (unpaired) electrons. The van der Waals surface area contributed by atoms with Crippen molar-refractivity contribution in [2.75, 3.05) is 31.6 Å². The molecule has 0 spiro atoms. The fourth-order valence-corrected chi connectivity index (χ4v) is 1.66. The van der Waals surface area contributed by atoms with Crippen LogP contribution >= 0.6 is 0 Å². The maximum absolute atomic E-state index is 12.0. The highest BCUT2D eigenvalue weighted by Gasteiger charge is 2.11. The predicted octanol–water partition coefficient (Wildman–Crippen LogP) is 1.83. The number of carbonyl (C=O) groups is 1. The molecule has 1 aromatic carbocycles. The van der Waals surface area contributed by atoms with Gasteiger partial charge in [-0.3, -0.25) is 0 Å². The number of amides is 2. The lowest BCUT2D eigenvalue weighted by Crippen LogP contribution is -2.37. The van der Waals surface area contributed by atoms with Gasteiger partial charge in [-0.15, -0.1) is 0 Å². The van der Waals surface area contributed by atoms with Crippen LogP contribution in [0.2, 0.25) is 0 Å². The van der Waals surface area contributed by atoms with E-state index in [4.69, 9.17) is 15.1 Å². The van der Waals surface area contributed by atoms with Gasteiger partial charge in [0.05, 0.1) is 6.61 Å². The van der Waals surface area contributed by atoms with Crippen molar-refractivity contribution in [2.45, 2.75) is 13.3 Å². The van der Waals surface area contributed by atoms with E-state index in [1.807, 2.05) is 13.0 Å².